The van der Waals surface area contributed by atoms with E-state index in [9.17, 15) is 9.59 Å². The molecule has 24 heavy (non-hydrogen) atoms. The highest BCUT2D eigenvalue weighted by atomic mass is 35.5. The van der Waals surface area contributed by atoms with Gasteiger partial charge in [0, 0.05) is 5.02 Å². The Bertz CT molecular complexity index is 732. The lowest BCUT2D eigenvalue weighted by molar-refractivity contribution is -0.146. The number of anilines is 1. The van der Waals surface area contributed by atoms with E-state index in [0.29, 0.717) is 21.5 Å². The van der Waals surface area contributed by atoms with Gasteiger partial charge in [0.2, 0.25) is 0 Å². The summed E-state index contributed by atoms with van der Waals surface area (Å²) in [6, 6.07) is 11.7. The van der Waals surface area contributed by atoms with Gasteiger partial charge in [-0.05, 0) is 35.9 Å². The third-order valence-corrected chi connectivity index (χ3v) is 3.64. The molecular weight excluding hydrogens is 353 g/mol. The summed E-state index contributed by atoms with van der Waals surface area (Å²) in [6.07, 6.45) is 0.0647. The number of esters is 1. The van der Waals surface area contributed by atoms with Crippen molar-refractivity contribution < 1.29 is 19.1 Å². The first-order chi connectivity index (χ1) is 11.5. The lowest BCUT2D eigenvalue weighted by atomic mass is 10.1. The SMILES string of the molecule is COc1ccc(CC(=O)OCC(=O)Nc2cc(Cl)ccc2Cl)cc1. The van der Waals surface area contributed by atoms with Gasteiger partial charge in [0.05, 0.1) is 24.2 Å². The average molecular weight is 368 g/mol. The molecule has 0 spiro atoms. The Kier molecular flexibility index (Phi) is 6.46. The molecule has 0 aliphatic carbocycles. The van der Waals surface area contributed by atoms with Gasteiger partial charge < -0.3 is 14.8 Å². The first kappa shape index (κ1) is 18.1. The molecule has 0 radical (unpaired) electrons. The van der Waals surface area contributed by atoms with Crippen molar-refractivity contribution in [3.63, 3.8) is 0 Å². The second kappa shape index (κ2) is 8.57. The Balaban J connectivity index is 1.82. The fourth-order valence-corrected chi connectivity index (χ4v) is 2.22. The number of rotatable bonds is 6. The van der Waals surface area contributed by atoms with Crippen molar-refractivity contribution in [2.45, 2.75) is 6.42 Å². The highest BCUT2D eigenvalue weighted by Gasteiger charge is 2.11. The molecule has 0 atom stereocenters. The molecule has 1 N–H and O–H groups in total. The van der Waals surface area contributed by atoms with E-state index >= 15 is 0 Å². The number of amides is 1. The van der Waals surface area contributed by atoms with Crippen LogP contribution >= 0.6 is 23.2 Å². The predicted molar refractivity (Wildman–Crippen MR) is 92.7 cm³/mol. The third kappa shape index (κ3) is 5.44. The van der Waals surface area contributed by atoms with Gasteiger partial charge in [-0.25, -0.2) is 0 Å². The summed E-state index contributed by atoms with van der Waals surface area (Å²) in [7, 11) is 1.56. The van der Waals surface area contributed by atoms with E-state index in [1.165, 1.54) is 6.07 Å². The van der Waals surface area contributed by atoms with Crippen LogP contribution < -0.4 is 10.1 Å². The number of carbonyl (C=O) groups excluding carboxylic acids is 2. The van der Waals surface area contributed by atoms with Crippen LogP contribution in [0, 0.1) is 0 Å². The Morgan fingerprint density at radius 1 is 1.08 bits per heavy atom. The van der Waals surface area contributed by atoms with E-state index in [-0.39, 0.29) is 6.42 Å². The molecule has 0 heterocycles. The lowest BCUT2D eigenvalue weighted by Gasteiger charge is -2.08. The van der Waals surface area contributed by atoms with Crippen LogP contribution in [0.2, 0.25) is 10.0 Å². The van der Waals surface area contributed by atoms with Gasteiger partial charge in [-0.1, -0.05) is 35.3 Å². The zero-order chi connectivity index (χ0) is 17.5. The third-order valence-electron chi connectivity index (χ3n) is 3.07. The number of methoxy groups -OCH3 is 1. The van der Waals surface area contributed by atoms with Gasteiger partial charge in [-0.2, -0.15) is 0 Å². The molecule has 1 amide bonds. The van der Waals surface area contributed by atoms with Crippen LogP contribution in [0.1, 0.15) is 5.56 Å². The monoisotopic (exact) mass is 367 g/mol. The van der Waals surface area contributed by atoms with Crippen molar-refractivity contribution in [1.82, 2.24) is 0 Å². The van der Waals surface area contributed by atoms with Crippen molar-refractivity contribution >= 4 is 40.8 Å². The van der Waals surface area contributed by atoms with Crippen LogP contribution in [0.4, 0.5) is 5.69 Å². The van der Waals surface area contributed by atoms with E-state index < -0.39 is 18.5 Å². The molecule has 0 bridgehead atoms. The highest BCUT2D eigenvalue weighted by molar-refractivity contribution is 6.35. The maximum Gasteiger partial charge on any atom is 0.310 e. The van der Waals surface area contributed by atoms with E-state index in [2.05, 4.69) is 5.32 Å². The summed E-state index contributed by atoms with van der Waals surface area (Å²) in [6.45, 7) is -0.405. The molecule has 0 saturated carbocycles. The summed E-state index contributed by atoms with van der Waals surface area (Å²) in [4.78, 5) is 23.6. The second-order valence-electron chi connectivity index (χ2n) is 4.86. The first-order valence-corrected chi connectivity index (χ1v) is 7.77. The molecule has 7 heteroatoms. The van der Waals surface area contributed by atoms with Crippen LogP contribution in [-0.2, 0) is 20.7 Å². The van der Waals surface area contributed by atoms with Gasteiger partial charge in [0.1, 0.15) is 5.75 Å². The van der Waals surface area contributed by atoms with Crippen molar-refractivity contribution in [3.05, 3.63) is 58.1 Å². The van der Waals surface area contributed by atoms with Crippen LogP contribution in [0.3, 0.4) is 0 Å². The Morgan fingerprint density at radius 2 is 1.79 bits per heavy atom. The van der Waals surface area contributed by atoms with Crippen LogP contribution in [0.25, 0.3) is 0 Å². The number of hydrogen-bond acceptors (Lipinski definition) is 4. The largest absolute Gasteiger partial charge is 0.497 e. The molecular formula is C17H15Cl2NO4. The highest BCUT2D eigenvalue weighted by Crippen LogP contribution is 2.25. The summed E-state index contributed by atoms with van der Waals surface area (Å²) >= 11 is 11.8. The van der Waals surface area contributed by atoms with Gasteiger partial charge in [0.25, 0.3) is 5.91 Å². The minimum Gasteiger partial charge on any atom is -0.497 e. The van der Waals surface area contributed by atoms with E-state index in [1.807, 2.05) is 0 Å². The number of carbonyl (C=O) groups is 2. The topological polar surface area (TPSA) is 64.6 Å². The maximum absolute atomic E-state index is 11.8. The van der Waals surface area contributed by atoms with Crippen molar-refractivity contribution in [1.29, 1.82) is 0 Å². The molecule has 2 aromatic carbocycles. The fraction of sp³-hybridized carbons (Fsp3) is 0.176. The summed E-state index contributed by atoms with van der Waals surface area (Å²) in [5, 5.41) is 3.32. The molecule has 2 aromatic rings. The van der Waals surface area contributed by atoms with Gasteiger partial charge >= 0.3 is 5.97 Å². The first-order valence-electron chi connectivity index (χ1n) is 7.01. The maximum atomic E-state index is 11.8. The van der Waals surface area contributed by atoms with Crippen LogP contribution in [-0.4, -0.2) is 25.6 Å². The molecule has 0 aromatic heterocycles. The predicted octanol–water partition coefficient (Wildman–Crippen LogP) is 3.73. The van der Waals surface area contributed by atoms with Crippen molar-refractivity contribution in [2.75, 3.05) is 19.0 Å². The number of ether oxygens (including phenoxy) is 2. The molecule has 0 saturated heterocycles. The molecule has 0 aliphatic rings. The van der Waals surface area contributed by atoms with E-state index in [1.54, 1.807) is 43.5 Å². The van der Waals surface area contributed by atoms with Gasteiger partial charge in [0.15, 0.2) is 6.61 Å². The Labute approximate surface area is 149 Å². The molecule has 5 nitrogen and oxygen atoms in total. The van der Waals surface area contributed by atoms with E-state index in [0.717, 1.165) is 5.56 Å². The quantitative estimate of drug-likeness (QED) is 0.790. The fourth-order valence-electron chi connectivity index (χ4n) is 1.89. The summed E-state index contributed by atoms with van der Waals surface area (Å²) in [5.41, 5.74) is 1.12. The zero-order valence-electron chi connectivity index (χ0n) is 12.8. The molecule has 2 rings (SSSR count). The van der Waals surface area contributed by atoms with Gasteiger partial charge in [-0.15, -0.1) is 0 Å². The second-order valence-corrected chi connectivity index (χ2v) is 5.70. The average Bonchev–Trinajstić information content (AvgIpc) is 2.57. The zero-order valence-corrected chi connectivity index (χ0v) is 14.4. The van der Waals surface area contributed by atoms with Gasteiger partial charge in [-0.3, -0.25) is 9.59 Å². The Morgan fingerprint density at radius 3 is 2.46 bits per heavy atom. The number of benzene rings is 2. The molecule has 0 fully saturated rings. The number of hydrogen-bond donors (Lipinski definition) is 1. The number of nitrogens with one attached hydrogen (secondary N) is 1. The van der Waals surface area contributed by atoms with Crippen molar-refractivity contribution in [3.8, 4) is 5.75 Å². The number of halogens is 2. The van der Waals surface area contributed by atoms with Crippen LogP contribution in [0.5, 0.6) is 5.75 Å². The van der Waals surface area contributed by atoms with E-state index in [4.69, 9.17) is 32.7 Å². The molecule has 0 unspecified atom stereocenters. The van der Waals surface area contributed by atoms with Crippen molar-refractivity contribution in [2.24, 2.45) is 0 Å². The Hall–Kier alpha value is -2.24. The normalized spacial score (nSPS) is 10.1. The standard InChI is InChI=1S/C17H15Cl2NO4/c1-23-13-5-2-11(3-6-13)8-17(22)24-10-16(21)20-15-9-12(18)4-7-14(15)19/h2-7,9H,8,10H2,1H3,(H,20,21). The smallest absolute Gasteiger partial charge is 0.310 e. The lowest BCUT2D eigenvalue weighted by Crippen LogP contribution is -2.21. The molecule has 126 valence electrons. The van der Waals surface area contributed by atoms with Crippen LogP contribution in [0.15, 0.2) is 42.5 Å². The molecule has 0 aliphatic heterocycles. The minimum atomic E-state index is -0.507. The summed E-state index contributed by atoms with van der Waals surface area (Å²) < 4.78 is 9.99. The summed E-state index contributed by atoms with van der Waals surface area (Å²) in [5.74, 6) is -0.306. The minimum absolute atomic E-state index is 0.0647.